The Hall–Kier alpha value is -0.860. The summed E-state index contributed by atoms with van der Waals surface area (Å²) in [6, 6.07) is 8.73. The average molecular weight is 221 g/mol. The first-order valence-corrected chi connectivity index (χ1v) is 5.87. The van der Waals surface area contributed by atoms with Gasteiger partial charge in [0.15, 0.2) is 0 Å². The molecule has 0 aliphatic rings. The molecule has 1 rings (SSSR count). The fourth-order valence-corrected chi connectivity index (χ4v) is 2.23. The molecule has 0 fully saturated rings. The fourth-order valence-electron chi connectivity index (χ4n) is 2.23. The van der Waals surface area contributed by atoms with E-state index in [1.165, 1.54) is 11.1 Å². The van der Waals surface area contributed by atoms with Crippen molar-refractivity contribution in [3.63, 3.8) is 0 Å². The summed E-state index contributed by atoms with van der Waals surface area (Å²) in [5.41, 5.74) is 2.63. The molecule has 0 aliphatic heterocycles. The Labute approximate surface area is 99.0 Å². The second kappa shape index (κ2) is 6.02. The Balaban J connectivity index is 3.02. The highest BCUT2D eigenvalue weighted by Gasteiger charge is 2.25. The lowest BCUT2D eigenvalue weighted by Crippen LogP contribution is -2.35. The van der Waals surface area contributed by atoms with Gasteiger partial charge in [-0.1, -0.05) is 38.1 Å². The van der Waals surface area contributed by atoms with Crippen molar-refractivity contribution in [2.24, 2.45) is 5.92 Å². The highest BCUT2D eigenvalue weighted by molar-refractivity contribution is 5.29. The summed E-state index contributed by atoms with van der Waals surface area (Å²) in [5, 5.41) is 3.37. The maximum absolute atomic E-state index is 5.61. The first-order valence-electron chi connectivity index (χ1n) is 5.87. The van der Waals surface area contributed by atoms with Crippen LogP contribution in [0.25, 0.3) is 0 Å². The van der Waals surface area contributed by atoms with Gasteiger partial charge in [-0.05, 0) is 31.0 Å². The smallest absolute Gasteiger partial charge is 0.0788 e. The fraction of sp³-hybridized carbons (Fsp3) is 0.571. The standard InChI is InChI=1S/C14H23NO/c1-10(2)14(16-5)13(15-4)12-9-7-6-8-11(12)3/h6-10,13-15H,1-5H3. The first-order chi connectivity index (χ1) is 7.61. The number of hydrogen-bond donors (Lipinski definition) is 1. The molecule has 1 aromatic rings. The van der Waals surface area contributed by atoms with E-state index in [1.54, 1.807) is 7.11 Å². The molecule has 1 N–H and O–H groups in total. The van der Waals surface area contributed by atoms with Crippen LogP contribution in [0.15, 0.2) is 24.3 Å². The van der Waals surface area contributed by atoms with E-state index in [0.717, 1.165) is 0 Å². The molecule has 0 bridgehead atoms. The van der Waals surface area contributed by atoms with Crippen LogP contribution in [-0.4, -0.2) is 20.3 Å². The summed E-state index contributed by atoms with van der Waals surface area (Å²) in [5.74, 6) is 0.488. The predicted molar refractivity (Wildman–Crippen MR) is 68.6 cm³/mol. The van der Waals surface area contributed by atoms with Crippen molar-refractivity contribution in [2.75, 3.05) is 14.2 Å². The lowest BCUT2D eigenvalue weighted by atomic mass is 9.91. The van der Waals surface area contributed by atoms with Gasteiger partial charge in [0.25, 0.3) is 0 Å². The maximum atomic E-state index is 5.61. The lowest BCUT2D eigenvalue weighted by molar-refractivity contribution is 0.0346. The van der Waals surface area contributed by atoms with Gasteiger partial charge in [-0.2, -0.15) is 0 Å². The molecular weight excluding hydrogens is 198 g/mol. The largest absolute Gasteiger partial charge is 0.379 e. The molecule has 2 heteroatoms. The van der Waals surface area contributed by atoms with E-state index in [2.05, 4.69) is 50.4 Å². The quantitative estimate of drug-likeness (QED) is 0.825. The van der Waals surface area contributed by atoms with Crippen molar-refractivity contribution in [1.29, 1.82) is 0 Å². The third-order valence-corrected chi connectivity index (χ3v) is 3.09. The maximum Gasteiger partial charge on any atom is 0.0788 e. The molecule has 2 atom stereocenters. The van der Waals surface area contributed by atoms with Crippen molar-refractivity contribution in [3.05, 3.63) is 35.4 Å². The summed E-state index contributed by atoms with van der Waals surface area (Å²) in [6.07, 6.45) is 0.200. The second-order valence-electron chi connectivity index (χ2n) is 4.57. The molecule has 0 aromatic heterocycles. The molecule has 0 heterocycles. The van der Waals surface area contributed by atoms with Crippen LogP contribution in [0.2, 0.25) is 0 Å². The van der Waals surface area contributed by atoms with Crippen LogP contribution in [0.5, 0.6) is 0 Å². The monoisotopic (exact) mass is 221 g/mol. The highest BCUT2D eigenvalue weighted by Crippen LogP contribution is 2.26. The number of hydrogen-bond acceptors (Lipinski definition) is 2. The van der Waals surface area contributed by atoms with Crippen LogP contribution in [0.1, 0.15) is 31.0 Å². The summed E-state index contributed by atoms with van der Waals surface area (Å²) in [4.78, 5) is 0. The van der Waals surface area contributed by atoms with E-state index in [-0.39, 0.29) is 12.1 Å². The van der Waals surface area contributed by atoms with Gasteiger partial charge >= 0.3 is 0 Å². The minimum atomic E-state index is 0.200. The highest BCUT2D eigenvalue weighted by atomic mass is 16.5. The number of aryl methyl sites for hydroxylation is 1. The molecule has 0 spiro atoms. The van der Waals surface area contributed by atoms with Crippen LogP contribution in [0.3, 0.4) is 0 Å². The minimum absolute atomic E-state index is 0.200. The van der Waals surface area contributed by atoms with Crippen LogP contribution in [0.4, 0.5) is 0 Å². The SMILES string of the molecule is CNC(c1ccccc1C)C(OC)C(C)C. The minimum Gasteiger partial charge on any atom is -0.379 e. The van der Waals surface area contributed by atoms with Gasteiger partial charge in [-0.25, -0.2) is 0 Å². The predicted octanol–water partition coefficient (Wildman–Crippen LogP) is 2.93. The van der Waals surface area contributed by atoms with Crippen LogP contribution >= 0.6 is 0 Å². The van der Waals surface area contributed by atoms with E-state index in [0.29, 0.717) is 5.92 Å². The number of methoxy groups -OCH3 is 1. The zero-order valence-electron chi connectivity index (χ0n) is 10.9. The van der Waals surface area contributed by atoms with Gasteiger partial charge in [-0.3, -0.25) is 0 Å². The first kappa shape index (κ1) is 13.2. The molecule has 0 amide bonds. The molecule has 16 heavy (non-hydrogen) atoms. The molecule has 0 radical (unpaired) electrons. The van der Waals surface area contributed by atoms with Crippen molar-refractivity contribution >= 4 is 0 Å². The van der Waals surface area contributed by atoms with Crippen molar-refractivity contribution in [2.45, 2.75) is 32.9 Å². The zero-order valence-corrected chi connectivity index (χ0v) is 10.9. The van der Waals surface area contributed by atoms with Crippen LogP contribution < -0.4 is 5.32 Å². The van der Waals surface area contributed by atoms with Gasteiger partial charge in [0.2, 0.25) is 0 Å². The Morgan fingerprint density at radius 2 is 1.81 bits per heavy atom. The van der Waals surface area contributed by atoms with Gasteiger partial charge in [0.1, 0.15) is 0 Å². The number of benzene rings is 1. The number of likely N-dealkylation sites (N-methyl/N-ethyl adjacent to an activating group) is 1. The van der Waals surface area contributed by atoms with Crippen molar-refractivity contribution in [3.8, 4) is 0 Å². The van der Waals surface area contributed by atoms with Crippen LogP contribution in [0, 0.1) is 12.8 Å². The molecule has 2 nitrogen and oxygen atoms in total. The van der Waals surface area contributed by atoms with Gasteiger partial charge in [-0.15, -0.1) is 0 Å². The number of nitrogens with one attached hydrogen (secondary N) is 1. The van der Waals surface area contributed by atoms with Gasteiger partial charge in [0.05, 0.1) is 12.1 Å². The topological polar surface area (TPSA) is 21.3 Å². The van der Waals surface area contributed by atoms with E-state index >= 15 is 0 Å². The third kappa shape index (κ3) is 2.83. The second-order valence-corrected chi connectivity index (χ2v) is 4.57. The molecule has 0 saturated carbocycles. The lowest BCUT2D eigenvalue weighted by Gasteiger charge is -2.30. The summed E-state index contributed by atoms with van der Waals surface area (Å²) >= 11 is 0. The molecule has 2 unspecified atom stereocenters. The summed E-state index contributed by atoms with van der Waals surface area (Å²) < 4.78 is 5.61. The zero-order chi connectivity index (χ0) is 12.1. The molecule has 1 aromatic carbocycles. The van der Waals surface area contributed by atoms with Gasteiger partial charge in [0, 0.05) is 7.11 Å². The van der Waals surface area contributed by atoms with E-state index in [9.17, 15) is 0 Å². The molecule has 0 aliphatic carbocycles. The van der Waals surface area contributed by atoms with Crippen molar-refractivity contribution < 1.29 is 4.74 Å². The van der Waals surface area contributed by atoms with Crippen LogP contribution in [-0.2, 0) is 4.74 Å². The average Bonchev–Trinajstić information content (AvgIpc) is 2.26. The normalized spacial score (nSPS) is 15.1. The van der Waals surface area contributed by atoms with E-state index < -0.39 is 0 Å². The summed E-state index contributed by atoms with van der Waals surface area (Å²) in [6.45, 7) is 6.53. The Morgan fingerprint density at radius 3 is 2.25 bits per heavy atom. The Morgan fingerprint density at radius 1 is 1.19 bits per heavy atom. The molecule has 90 valence electrons. The van der Waals surface area contributed by atoms with E-state index in [1.807, 2.05) is 7.05 Å². The molecular formula is C14H23NO. The Kier molecular flexibility index (Phi) is 4.97. The molecule has 0 saturated heterocycles. The van der Waals surface area contributed by atoms with E-state index in [4.69, 9.17) is 4.74 Å². The van der Waals surface area contributed by atoms with Gasteiger partial charge < -0.3 is 10.1 Å². The summed E-state index contributed by atoms with van der Waals surface area (Å²) in [7, 11) is 3.78. The Bertz CT molecular complexity index is 322. The number of ether oxygens (including phenoxy) is 1. The number of rotatable bonds is 5. The third-order valence-electron chi connectivity index (χ3n) is 3.09. The van der Waals surface area contributed by atoms with Crippen molar-refractivity contribution in [1.82, 2.24) is 5.32 Å².